The van der Waals surface area contributed by atoms with Crippen molar-refractivity contribution in [2.75, 3.05) is 0 Å². The van der Waals surface area contributed by atoms with Crippen molar-refractivity contribution in [3.63, 3.8) is 0 Å². The second kappa shape index (κ2) is 9.26. The lowest BCUT2D eigenvalue weighted by atomic mass is 9.84. The molecule has 0 saturated carbocycles. The summed E-state index contributed by atoms with van der Waals surface area (Å²) in [7, 11) is 1.47. The Morgan fingerprint density at radius 2 is 1.97 bits per heavy atom. The molecule has 9 heteroatoms. The van der Waals surface area contributed by atoms with Crippen molar-refractivity contribution in [3.05, 3.63) is 105 Å². The summed E-state index contributed by atoms with van der Waals surface area (Å²) in [5.41, 5.74) is 3.22. The van der Waals surface area contributed by atoms with Crippen LogP contribution in [0.4, 0.5) is 8.78 Å². The van der Waals surface area contributed by atoms with Crippen LogP contribution in [0.5, 0.6) is 0 Å². The molecule has 35 heavy (non-hydrogen) atoms. The number of nitrogens with zero attached hydrogens (tertiary/aromatic N) is 3. The molecule has 174 valence electrons. The highest BCUT2D eigenvalue weighted by Gasteiger charge is 2.36. The van der Waals surface area contributed by atoms with Gasteiger partial charge in [-0.2, -0.15) is 5.10 Å². The lowest BCUT2D eigenvalue weighted by molar-refractivity contribution is 0.0800. The first-order valence-electron chi connectivity index (χ1n) is 10.3. The largest absolute Gasteiger partial charge is 0.379 e. The van der Waals surface area contributed by atoms with Crippen LogP contribution in [0.2, 0.25) is 0 Å². The Kier molecular flexibility index (Phi) is 6.20. The lowest BCUT2D eigenvalue weighted by Crippen LogP contribution is -2.36. The first-order valence-corrected chi connectivity index (χ1v) is 10.3. The number of carbonyl (C=O) groups is 1. The van der Waals surface area contributed by atoms with Crippen LogP contribution in [0, 0.1) is 35.3 Å². The number of hydrogen-bond acceptors (Lipinski definition) is 4. The highest BCUT2D eigenvalue weighted by molar-refractivity contribution is 5.93. The quantitative estimate of drug-likeness (QED) is 0.444. The maximum absolute atomic E-state index is 14.6. The van der Waals surface area contributed by atoms with Crippen LogP contribution < -0.4 is 11.3 Å². The van der Waals surface area contributed by atoms with E-state index in [0.717, 1.165) is 18.2 Å². The number of aromatic nitrogens is 3. The van der Waals surface area contributed by atoms with E-state index >= 15 is 0 Å². The molecule has 0 aliphatic carbocycles. The molecule has 1 amide bonds. The summed E-state index contributed by atoms with van der Waals surface area (Å²) in [6, 6.07) is 8.66. The molecule has 0 aliphatic rings. The van der Waals surface area contributed by atoms with Crippen LogP contribution >= 0.6 is 0 Å². The molecule has 0 fully saturated rings. The smallest absolute Gasteiger partial charge is 0.256 e. The van der Waals surface area contributed by atoms with E-state index in [2.05, 4.69) is 28.8 Å². The third-order valence-electron chi connectivity index (χ3n) is 5.43. The van der Waals surface area contributed by atoms with E-state index < -0.39 is 40.7 Å². The maximum atomic E-state index is 14.6. The van der Waals surface area contributed by atoms with Gasteiger partial charge in [-0.3, -0.25) is 9.59 Å². The topological polar surface area (TPSA) is 103 Å². The Balaban J connectivity index is 1.75. The molecule has 1 unspecified atom stereocenters. The van der Waals surface area contributed by atoms with Crippen LogP contribution in [-0.2, 0) is 12.6 Å². The SMILES string of the molecule is Cn1cccc(C(O)(CC#CC#Cc2cc(C(N)=O)cn3nccc23)c2cc(F)ccc2F)c1=O. The number of fused-ring (bicyclic) bond motifs is 1. The number of benzene rings is 1. The van der Waals surface area contributed by atoms with Crippen LogP contribution in [-0.4, -0.2) is 25.2 Å². The fraction of sp³-hybridized carbons (Fsp3) is 0.115. The Morgan fingerprint density at radius 3 is 2.74 bits per heavy atom. The zero-order valence-corrected chi connectivity index (χ0v) is 18.4. The summed E-state index contributed by atoms with van der Waals surface area (Å²) in [6.45, 7) is 0. The molecule has 4 aromatic rings. The van der Waals surface area contributed by atoms with Crippen molar-refractivity contribution < 1.29 is 18.7 Å². The molecule has 4 rings (SSSR count). The number of pyridine rings is 2. The average molecular weight is 472 g/mol. The van der Waals surface area contributed by atoms with Gasteiger partial charge in [-0.05, 0) is 54.3 Å². The van der Waals surface area contributed by atoms with Crippen LogP contribution in [0.25, 0.3) is 5.52 Å². The van der Waals surface area contributed by atoms with Crippen LogP contribution in [0.1, 0.15) is 33.5 Å². The molecule has 0 spiro atoms. The maximum Gasteiger partial charge on any atom is 0.256 e. The zero-order chi connectivity index (χ0) is 25.2. The van der Waals surface area contributed by atoms with Gasteiger partial charge in [0, 0.05) is 31.4 Å². The summed E-state index contributed by atoms with van der Waals surface area (Å²) in [5.74, 6) is 8.30. The second-order valence-electron chi connectivity index (χ2n) is 7.72. The number of halogens is 2. The van der Waals surface area contributed by atoms with E-state index in [4.69, 9.17) is 5.73 Å². The standard InChI is InChI=1S/C26H18F2N4O3/c1-31-13-5-7-20(25(31)34)26(35,21-15-19(27)8-9-22(21)28)11-4-2-3-6-17-14-18(24(29)33)16-32-23(17)10-12-30-32/h5,7-10,12-16,35H,11H2,1H3,(H2,29,33). The van der Waals surface area contributed by atoms with Gasteiger partial charge in [-0.15, -0.1) is 0 Å². The summed E-state index contributed by atoms with van der Waals surface area (Å²) in [4.78, 5) is 24.3. The van der Waals surface area contributed by atoms with E-state index in [0.29, 0.717) is 11.1 Å². The van der Waals surface area contributed by atoms with E-state index in [1.54, 1.807) is 6.07 Å². The molecule has 0 radical (unpaired) electrons. The third kappa shape index (κ3) is 4.54. The van der Waals surface area contributed by atoms with Crippen molar-refractivity contribution in [1.82, 2.24) is 14.2 Å². The molecule has 0 bridgehead atoms. The molecule has 3 heterocycles. The van der Waals surface area contributed by atoms with Crippen molar-refractivity contribution >= 4 is 11.4 Å². The molecule has 3 aromatic heterocycles. The second-order valence-corrected chi connectivity index (χ2v) is 7.72. The molecule has 3 N–H and O–H groups in total. The van der Waals surface area contributed by atoms with E-state index in [9.17, 15) is 23.5 Å². The fourth-order valence-electron chi connectivity index (χ4n) is 3.64. The number of rotatable bonds is 4. The third-order valence-corrected chi connectivity index (χ3v) is 5.43. The monoisotopic (exact) mass is 472 g/mol. The summed E-state index contributed by atoms with van der Waals surface area (Å²) in [5, 5.41) is 15.5. The van der Waals surface area contributed by atoms with Crippen molar-refractivity contribution in [2.45, 2.75) is 12.0 Å². The van der Waals surface area contributed by atoms with Gasteiger partial charge in [0.15, 0.2) is 0 Å². The number of carbonyl (C=O) groups excluding carboxylic acids is 1. The van der Waals surface area contributed by atoms with E-state index in [-0.39, 0.29) is 11.1 Å². The molecule has 1 aromatic carbocycles. The normalized spacial score (nSPS) is 12.2. The van der Waals surface area contributed by atoms with Crippen molar-refractivity contribution in [1.29, 1.82) is 0 Å². The van der Waals surface area contributed by atoms with Crippen molar-refractivity contribution in [3.8, 4) is 23.7 Å². The van der Waals surface area contributed by atoms with Gasteiger partial charge < -0.3 is 15.4 Å². The van der Waals surface area contributed by atoms with Crippen LogP contribution in [0.3, 0.4) is 0 Å². The number of hydrogen-bond donors (Lipinski definition) is 2. The predicted molar refractivity (Wildman–Crippen MR) is 124 cm³/mol. The van der Waals surface area contributed by atoms with Gasteiger partial charge in [0.25, 0.3) is 5.56 Å². The molecular weight excluding hydrogens is 454 g/mol. The Hall–Kier alpha value is -4.73. The number of aliphatic hydroxyl groups is 1. The number of amides is 1. The summed E-state index contributed by atoms with van der Waals surface area (Å²) >= 11 is 0. The van der Waals surface area contributed by atoms with Gasteiger partial charge in [0.1, 0.15) is 17.2 Å². The Bertz CT molecular complexity index is 1650. The molecule has 1 atom stereocenters. The summed E-state index contributed by atoms with van der Waals surface area (Å²) < 4.78 is 31.2. The Labute approximate surface area is 198 Å². The van der Waals surface area contributed by atoms with Gasteiger partial charge in [-0.1, -0.05) is 11.8 Å². The molecule has 7 nitrogen and oxygen atoms in total. The minimum absolute atomic E-state index is 0.163. The minimum Gasteiger partial charge on any atom is -0.379 e. The van der Waals surface area contributed by atoms with Crippen molar-refractivity contribution in [2.24, 2.45) is 12.8 Å². The first-order chi connectivity index (χ1) is 16.7. The first kappa shape index (κ1) is 23.4. The average Bonchev–Trinajstić information content (AvgIpc) is 3.31. The van der Waals surface area contributed by atoms with Gasteiger partial charge in [0.05, 0.1) is 28.4 Å². The van der Waals surface area contributed by atoms with Gasteiger partial charge in [0.2, 0.25) is 5.91 Å². The minimum atomic E-state index is -2.23. The predicted octanol–water partition coefficient (Wildman–Crippen LogP) is 2.09. The van der Waals surface area contributed by atoms with Gasteiger partial charge in [-0.25, -0.2) is 13.3 Å². The molecule has 0 saturated heterocycles. The highest BCUT2D eigenvalue weighted by Crippen LogP contribution is 2.33. The lowest BCUT2D eigenvalue weighted by Gasteiger charge is -2.27. The molecular formula is C26H18F2N4O3. The number of primary amides is 1. The van der Waals surface area contributed by atoms with E-state index in [1.807, 2.05) is 0 Å². The zero-order valence-electron chi connectivity index (χ0n) is 18.4. The van der Waals surface area contributed by atoms with E-state index in [1.165, 1.54) is 52.9 Å². The molecule has 0 aliphatic heterocycles. The Morgan fingerprint density at radius 1 is 1.17 bits per heavy atom. The number of aryl methyl sites for hydroxylation is 1. The van der Waals surface area contributed by atoms with Crippen LogP contribution in [0.15, 0.2) is 65.8 Å². The fourth-order valence-corrected chi connectivity index (χ4v) is 3.64. The van der Waals surface area contributed by atoms with Gasteiger partial charge >= 0.3 is 0 Å². The summed E-state index contributed by atoms with van der Waals surface area (Å²) in [6.07, 6.45) is 4.04. The highest BCUT2D eigenvalue weighted by atomic mass is 19.1. The number of nitrogens with two attached hydrogens (primary N) is 1.